The highest BCUT2D eigenvalue weighted by atomic mass is 35.5. The Morgan fingerprint density at radius 2 is 1.42 bits per heavy atom. The zero-order valence-corrected chi connectivity index (χ0v) is 19.0. The zero-order chi connectivity index (χ0) is 25.4. The third-order valence-electron chi connectivity index (χ3n) is 7.04. The van der Waals surface area contributed by atoms with E-state index < -0.39 is 51.8 Å². The predicted molar refractivity (Wildman–Crippen MR) is 126 cm³/mol. The van der Waals surface area contributed by atoms with Crippen molar-refractivity contribution >= 4 is 46.4 Å². The van der Waals surface area contributed by atoms with Crippen LogP contribution in [0.15, 0.2) is 72.8 Å². The van der Waals surface area contributed by atoms with Crippen LogP contribution in [0.4, 0.5) is 11.4 Å². The summed E-state index contributed by atoms with van der Waals surface area (Å²) in [5.74, 6) is -5.34. The Bertz CT molecular complexity index is 1460. The first-order valence-corrected chi connectivity index (χ1v) is 11.4. The molecule has 1 spiro atoms. The van der Waals surface area contributed by atoms with Crippen LogP contribution >= 0.6 is 11.6 Å². The first kappa shape index (κ1) is 22.3. The van der Waals surface area contributed by atoms with Crippen LogP contribution < -0.4 is 4.90 Å². The number of nitrogens with zero attached hydrogens (tertiary/aromatic N) is 2. The van der Waals surface area contributed by atoms with Crippen LogP contribution in [0, 0.1) is 22.0 Å². The van der Waals surface area contributed by atoms with Crippen molar-refractivity contribution in [1.82, 2.24) is 0 Å². The number of amides is 2. The summed E-state index contributed by atoms with van der Waals surface area (Å²) in [4.78, 5) is 66.3. The fourth-order valence-electron chi connectivity index (χ4n) is 5.45. The van der Waals surface area contributed by atoms with E-state index in [4.69, 9.17) is 16.3 Å². The molecule has 0 radical (unpaired) electrons. The molecule has 0 aromatic heterocycles. The monoisotopic (exact) mass is 502 g/mol. The molecule has 36 heavy (non-hydrogen) atoms. The molecular formula is C26H15ClN2O7. The topological polar surface area (TPSA) is 124 Å². The lowest BCUT2D eigenvalue weighted by atomic mass is 9.77. The molecule has 0 bridgehead atoms. The largest absolute Gasteiger partial charge is 0.349 e. The average Bonchev–Trinajstić information content (AvgIpc) is 3.44. The highest BCUT2D eigenvalue weighted by Gasteiger charge is 2.74. The minimum Gasteiger partial charge on any atom is -0.349 e. The summed E-state index contributed by atoms with van der Waals surface area (Å²) in [7, 11) is 0. The molecule has 3 aromatic rings. The van der Waals surface area contributed by atoms with Crippen LogP contribution in [-0.4, -0.2) is 33.9 Å². The van der Waals surface area contributed by atoms with Crippen molar-refractivity contribution in [3.63, 3.8) is 0 Å². The van der Waals surface area contributed by atoms with Gasteiger partial charge in [0.15, 0.2) is 0 Å². The predicted octanol–water partition coefficient (Wildman–Crippen LogP) is 3.94. The van der Waals surface area contributed by atoms with Crippen molar-refractivity contribution in [3.8, 4) is 0 Å². The fraction of sp³-hybridized carbons (Fsp3) is 0.154. The first-order chi connectivity index (χ1) is 17.3. The molecule has 2 aliphatic heterocycles. The summed E-state index contributed by atoms with van der Waals surface area (Å²) < 4.78 is 6.19. The Hall–Kier alpha value is -4.21. The highest BCUT2D eigenvalue weighted by molar-refractivity contribution is 6.37. The van der Waals surface area contributed by atoms with E-state index in [2.05, 4.69) is 0 Å². The van der Waals surface area contributed by atoms with Gasteiger partial charge in [0.25, 0.3) is 5.69 Å². The Morgan fingerprint density at radius 3 is 1.97 bits per heavy atom. The number of carbonyl (C=O) groups is 4. The lowest BCUT2D eigenvalue weighted by molar-refractivity contribution is -0.384. The molecule has 3 aromatic carbocycles. The molecule has 2 fully saturated rings. The van der Waals surface area contributed by atoms with Crippen molar-refractivity contribution in [3.05, 3.63) is 105 Å². The Labute approximate surface area is 208 Å². The molecule has 9 nitrogen and oxygen atoms in total. The molecule has 2 saturated heterocycles. The molecule has 3 atom stereocenters. The molecule has 10 heteroatoms. The molecule has 6 rings (SSSR count). The maximum absolute atomic E-state index is 13.8. The van der Waals surface area contributed by atoms with Gasteiger partial charge in [-0.05, 0) is 29.8 Å². The molecule has 2 heterocycles. The van der Waals surface area contributed by atoms with E-state index in [0.29, 0.717) is 10.6 Å². The number of carbonyl (C=O) groups excluding carboxylic acids is 4. The van der Waals surface area contributed by atoms with Crippen LogP contribution in [0.2, 0.25) is 5.02 Å². The summed E-state index contributed by atoms with van der Waals surface area (Å²) in [6.45, 7) is 0. The summed E-state index contributed by atoms with van der Waals surface area (Å²) in [5.41, 5.74) is -1.56. The number of Topliss-reactive ketones (excluding diaryl/α,β-unsaturated/α-hetero) is 2. The highest BCUT2D eigenvalue weighted by Crippen LogP contribution is 2.57. The van der Waals surface area contributed by atoms with Crippen molar-refractivity contribution in [2.45, 2.75) is 11.7 Å². The molecule has 3 aliphatic rings. The number of halogens is 1. The summed E-state index contributed by atoms with van der Waals surface area (Å²) >= 11 is 6.02. The number of ketones is 2. The van der Waals surface area contributed by atoms with E-state index in [1.54, 1.807) is 36.4 Å². The molecule has 2 amide bonds. The summed E-state index contributed by atoms with van der Waals surface area (Å²) in [6, 6.07) is 17.5. The van der Waals surface area contributed by atoms with E-state index in [-0.39, 0.29) is 22.5 Å². The third kappa shape index (κ3) is 2.81. The Kier molecular flexibility index (Phi) is 4.73. The van der Waals surface area contributed by atoms with E-state index >= 15 is 0 Å². The number of imide groups is 1. The fourth-order valence-corrected chi connectivity index (χ4v) is 5.57. The average molecular weight is 503 g/mol. The number of hydrogen-bond acceptors (Lipinski definition) is 7. The van der Waals surface area contributed by atoms with Crippen molar-refractivity contribution in [1.29, 1.82) is 0 Å². The number of ether oxygens (including phenoxy) is 1. The van der Waals surface area contributed by atoms with Gasteiger partial charge in [-0.25, -0.2) is 4.90 Å². The number of anilines is 1. The van der Waals surface area contributed by atoms with Gasteiger partial charge in [-0.15, -0.1) is 0 Å². The van der Waals surface area contributed by atoms with Gasteiger partial charge in [-0.1, -0.05) is 48.0 Å². The SMILES string of the molecule is O=C1[C@@H]2[C@H](c3ccc(Cl)cc3)OC3(C(=O)c4ccccc4C3=O)[C@H]2C(=O)N1c1ccc([N+](=O)[O-])cc1. The number of nitro benzene ring substituents is 1. The van der Waals surface area contributed by atoms with Gasteiger partial charge in [-0.3, -0.25) is 29.3 Å². The Morgan fingerprint density at radius 1 is 0.833 bits per heavy atom. The van der Waals surface area contributed by atoms with E-state index in [0.717, 1.165) is 4.90 Å². The van der Waals surface area contributed by atoms with Crippen molar-refractivity contribution in [2.75, 3.05) is 4.90 Å². The van der Waals surface area contributed by atoms with Crippen LogP contribution in [0.5, 0.6) is 0 Å². The van der Waals surface area contributed by atoms with Gasteiger partial charge in [0.1, 0.15) is 0 Å². The minimum atomic E-state index is -2.19. The lowest BCUT2D eigenvalue weighted by Crippen LogP contribution is -2.51. The number of hydrogen-bond donors (Lipinski definition) is 0. The number of nitro groups is 1. The number of fused-ring (bicyclic) bond motifs is 3. The molecule has 0 saturated carbocycles. The minimum absolute atomic E-state index is 0.102. The molecule has 0 unspecified atom stereocenters. The summed E-state index contributed by atoms with van der Waals surface area (Å²) in [5, 5.41) is 11.5. The molecular weight excluding hydrogens is 488 g/mol. The second kappa shape index (κ2) is 7.64. The lowest BCUT2D eigenvalue weighted by Gasteiger charge is -2.27. The zero-order valence-electron chi connectivity index (χ0n) is 18.3. The second-order valence-corrected chi connectivity index (χ2v) is 9.25. The maximum Gasteiger partial charge on any atom is 0.269 e. The van der Waals surface area contributed by atoms with Gasteiger partial charge in [0, 0.05) is 28.3 Å². The van der Waals surface area contributed by atoms with E-state index in [1.807, 2.05) is 0 Å². The molecule has 1 aliphatic carbocycles. The smallest absolute Gasteiger partial charge is 0.269 e. The Balaban J connectivity index is 1.51. The van der Waals surface area contributed by atoms with Crippen LogP contribution in [0.25, 0.3) is 0 Å². The van der Waals surface area contributed by atoms with Crippen LogP contribution in [-0.2, 0) is 14.3 Å². The van der Waals surface area contributed by atoms with Crippen molar-refractivity contribution in [2.24, 2.45) is 11.8 Å². The maximum atomic E-state index is 13.8. The standard InChI is InChI=1S/C26H15ClN2O7/c27-14-7-5-13(6-8-14)21-19-20(26(36-21)22(30)17-3-1-2-4-18(17)23(26)31)25(33)28(24(19)32)15-9-11-16(12-10-15)29(34)35/h1-12,19-21H/t19-,20+,21-/m0/s1. The van der Waals surface area contributed by atoms with Crippen LogP contribution in [0.3, 0.4) is 0 Å². The number of non-ortho nitro benzene ring substituents is 1. The van der Waals surface area contributed by atoms with Gasteiger partial charge in [0.2, 0.25) is 29.0 Å². The van der Waals surface area contributed by atoms with Gasteiger partial charge in [0.05, 0.1) is 28.6 Å². The third-order valence-corrected chi connectivity index (χ3v) is 7.29. The van der Waals surface area contributed by atoms with Gasteiger partial charge >= 0.3 is 0 Å². The van der Waals surface area contributed by atoms with E-state index in [1.165, 1.54) is 36.4 Å². The quantitative estimate of drug-likeness (QED) is 0.230. The molecule has 178 valence electrons. The van der Waals surface area contributed by atoms with Crippen molar-refractivity contribution < 1.29 is 28.8 Å². The van der Waals surface area contributed by atoms with Gasteiger partial charge < -0.3 is 4.74 Å². The molecule has 0 N–H and O–H groups in total. The normalized spacial score (nSPS) is 23.9. The number of rotatable bonds is 3. The second-order valence-electron chi connectivity index (χ2n) is 8.82. The summed E-state index contributed by atoms with van der Waals surface area (Å²) in [6.07, 6.45) is -1.08. The van der Waals surface area contributed by atoms with Crippen LogP contribution in [0.1, 0.15) is 32.4 Å². The first-order valence-electron chi connectivity index (χ1n) is 11.0. The number of benzene rings is 3. The van der Waals surface area contributed by atoms with Gasteiger partial charge in [-0.2, -0.15) is 0 Å². The van der Waals surface area contributed by atoms with E-state index in [9.17, 15) is 29.3 Å².